The normalized spacial score (nSPS) is 16.5. The van der Waals surface area contributed by atoms with Crippen LogP contribution in [0.4, 0.5) is 0 Å². The molecule has 96 valence electrons. The van der Waals surface area contributed by atoms with Gasteiger partial charge in [-0.15, -0.1) is 0 Å². The van der Waals surface area contributed by atoms with E-state index in [1.165, 1.54) is 6.42 Å². The summed E-state index contributed by atoms with van der Waals surface area (Å²) in [5.74, 6) is 1.04. The maximum absolute atomic E-state index is 9.88. The van der Waals surface area contributed by atoms with E-state index in [-0.39, 0.29) is 6.04 Å². The standard InChI is InChI=1S/C15H25NO/c1-5-11(3)12(4)16-14(6-2)13-9-7-8-10-15(13)17/h7-12,14,16-17H,5-6H2,1-4H3. The smallest absolute Gasteiger partial charge is 0.120 e. The van der Waals surface area contributed by atoms with Gasteiger partial charge in [-0.1, -0.05) is 45.4 Å². The van der Waals surface area contributed by atoms with Crippen molar-refractivity contribution >= 4 is 0 Å². The SMILES string of the molecule is CCC(NC(C)C(C)CC)c1ccccc1O. The van der Waals surface area contributed by atoms with Gasteiger partial charge in [-0.05, 0) is 25.3 Å². The maximum atomic E-state index is 9.88. The molecule has 1 aromatic carbocycles. The Bertz CT molecular complexity index is 337. The van der Waals surface area contributed by atoms with Crippen molar-refractivity contribution in [2.45, 2.75) is 52.6 Å². The third kappa shape index (κ3) is 3.74. The lowest BCUT2D eigenvalue weighted by Crippen LogP contribution is -2.35. The van der Waals surface area contributed by atoms with E-state index in [1.807, 2.05) is 18.2 Å². The van der Waals surface area contributed by atoms with Gasteiger partial charge in [0.2, 0.25) is 0 Å². The Kier molecular flexibility index (Phi) is 5.49. The van der Waals surface area contributed by atoms with Crippen molar-refractivity contribution in [3.05, 3.63) is 29.8 Å². The molecule has 0 radical (unpaired) electrons. The zero-order valence-electron chi connectivity index (χ0n) is 11.4. The molecule has 0 aliphatic carbocycles. The van der Waals surface area contributed by atoms with Gasteiger partial charge in [-0.25, -0.2) is 0 Å². The molecule has 0 spiro atoms. The number of phenolic OH excluding ortho intramolecular Hbond substituents is 1. The van der Waals surface area contributed by atoms with Gasteiger partial charge in [0.05, 0.1) is 0 Å². The zero-order valence-corrected chi connectivity index (χ0v) is 11.4. The van der Waals surface area contributed by atoms with Crippen LogP contribution < -0.4 is 5.32 Å². The molecule has 0 amide bonds. The van der Waals surface area contributed by atoms with Gasteiger partial charge in [0, 0.05) is 17.6 Å². The van der Waals surface area contributed by atoms with Gasteiger partial charge in [0.15, 0.2) is 0 Å². The second kappa shape index (κ2) is 6.65. The van der Waals surface area contributed by atoms with Crippen molar-refractivity contribution in [3.8, 4) is 5.75 Å². The number of phenols is 1. The minimum atomic E-state index is 0.236. The third-order valence-corrected chi connectivity index (χ3v) is 3.68. The molecule has 3 atom stereocenters. The first-order chi connectivity index (χ1) is 8.10. The Hall–Kier alpha value is -1.02. The van der Waals surface area contributed by atoms with Crippen LogP contribution in [0, 0.1) is 5.92 Å². The fourth-order valence-electron chi connectivity index (χ4n) is 2.04. The highest BCUT2D eigenvalue weighted by atomic mass is 16.3. The highest BCUT2D eigenvalue weighted by Crippen LogP contribution is 2.27. The maximum Gasteiger partial charge on any atom is 0.120 e. The third-order valence-electron chi connectivity index (χ3n) is 3.68. The molecule has 1 aromatic rings. The summed E-state index contributed by atoms with van der Waals surface area (Å²) in [5.41, 5.74) is 1.00. The molecule has 17 heavy (non-hydrogen) atoms. The summed E-state index contributed by atoms with van der Waals surface area (Å²) in [7, 11) is 0. The van der Waals surface area contributed by atoms with Gasteiger partial charge >= 0.3 is 0 Å². The van der Waals surface area contributed by atoms with Crippen LogP contribution in [-0.2, 0) is 0 Å². The Morgan fingerprint density at radius 1 is 1.12 bits per heavy atom. The molecule has 0 saturated carbocycles. The summed E-state index contributed by atoms with van der Waals surface area (Å²) in [6.07, 6.45) is 2.16. The average Bonchev–Trinajstić information content (AvgIpc) is 2.35. The Morgan fingerprint density at radius 3 is 2.29 bits per heavy atom. The van der Waals surface area contributed by atoms with Crippen molar-refractivity contribution < 1.29 is 5.11 Å². The number of aromatic hydroxyl groups is 1. The molecule has 0 fully saturated rings. The summed E-state index contributed by atoms with van der Waals surface area (Å²) < 4.78 is 0. The first-order valence-electron chi connectivity index (χ1n) is 6.64. The van der Waals surface area contributed by atoms with E-state index in [9.17, 15) is 5.11 Å². The molecule has 0 aromatic heterocycles. The lowest BCUT2D eigenvalue weighted by atomic mass is 9.97. The van der Waals surface area contributed by atoms with Gasteiger partial charge in [-0.2, -0.15) is 0 Å². The quantitative estimate of drug-likeness (QED) is 0.784. The molecule has 2 N–H and O–H groups in total. The highest BCUT2D eigenvalue weighted by Gasteiger charge is 2.18. The molecular formula is C15H25NO. The summed E-state index contributed by atoms with van der Waals surface area (Å²) in [5, 5.41) is 13.5. The summed E-state index contributed by atoms with van der Waals surface area (Å²) >= 11 is 0. The Balaban J connectivity index is 2.76. The van der Waals surface area contributed by atoms with E-state index in [2.05, 4.69) is 33.0 Å². The van der Waals surface area contributed by atoms with Gasteiger partial charge < -0.3 is 10.4 Å². The van der Waals surface area contributed by atoms with E-state index in [0.29, 0.717) is 17.7 Å². The first kappa shape index (κ1) is 14.0. The van der Waals surface area contributed by atoms with Gasteiger partial charge in [0.1, 0.15) is 5.75 Å². The highest BCUT2D eigenvalue weighted by molar-refractivity contribution is 5.34. The lowest BCUT2D eigenvalue weighted by Gasteiger charge is -2.27. The summed E-state index contributed by atoms with van der Waals surface area (Å²) in [6.45, 7) is 8.84. The molecule has 0 bridgehead atoms. The summed E-state index contributed by atoms with van der Waals surface area (Å²) in [6, 6.07) is 8.30. The predicted molar refractivity (Wildman–Crippen MR) is 73.2 cm³/mol. The summed E-state index contributed by atoms with van der Waals surface area (Å²) in [4.78, 5) is 0. The average molecular weight is 235 g/mol. The minimum Gasteiger partial charge on any atom is -0.508 e. The second-order valence-corrected chi connectivity index (χ2v) is 4.86. The van der Waals surface area contributed by atoms with Crippen LogP contribution in [0.5, 0.6) is 5.75 Å². The molecule has 0 aliphatic rings. The van der Waals surface area contributed by atoms with Crippen molar-refractivity contribution in [1.82, 2.24) is 5.32 Å². The monoisotopic (exact) mass is 235 g/mol. The fourth-order valence-corrected chi connectivity index (χ4v) is 2.04. The molecule has 3 unspecified atom stereocenters. The Morgan fingerprint density at radius 2 is 1.76 bits per heavy atom. The van der Waals surface area contributed by atoms with Crippen LogP contribution in [0.3, 0.4) is 0 Å². The van der Waals surface area contributed by atoms with Crippen molar-refractivity contribution in [2.24, 2.45) is 5.92 Å². The molecule has 2 heteroatoms. The van der Waals surface area contributed by atoms with E-state index < -0.39 is 0 Å². The molecule has 0 aliphatic heterocycles. The van der Waals surface area contributed by atoms with E-state index in [4.69, 9.17) is 0 Å². The largest absolute Gasteiger partial charge is 0.508 e. The van der Waals surface area contributed by atoms with Crippen LogP contribution in [0.1, 0.15) is 52.1 Å². The molecule has 1 rings (SSSR count). The van der Waals surface area contributed by atoms with Gasteiger partial charge in [0.25, 0.3) is 0 Å². The predicted octanol–water partition coefficient (Wildman–Crippen LogP) is 3.87. The number of nitrogens with one attached hydrogen (secondary N) is 1. The van der Waals surface area contributed by atoms with Crippen LogP contribution in [0.25, 0.3) is 0 Å². The van der Waals surface area contributed by atoms with Gasteiger partial charge in [-0.3, -0.25) is 0 Å². The Labute approximate surface area is 105 Å². The lowest BCUT2D eigenvalue weighted by molar-refractivity contribution is 0.339. The van der Waals surface area contributed by atoms with Crippen molar-refractivity contribution in [1.29, 1.82) is 0 Å². The van der Waals surface area contributed by atoms with E-state index in [0.717, 1.165) is 12.0 Å². The molecule has 0 heterocycles. The molecular weight excluding hydrogens is 210 g/mol. The van der Waals surface area contributed by atoms with Crippen LogP contribution in [0.2, 0.25) is 0 Å². The number of hydrogen-bond donors (Lipinski definition) is 2. The number of rotatable bonds is 6. The van der Waals surface area contributed by atoms with Crippen LogP contribution in [0.15, 0.2) is 24.3 Å². The number of hydrogen-bond acceptors (Lipinski definition) is 2. The van der Waals surface area contributed by atoms with E-state index in [1.54, 1.807) is 6.07 Å². The topological polar surface area (TPSA) is 32.3 Å². The minimum absolute atomic E-state index is 0.236. The van der Waals surface area contributed by atoms with Crippen LogP contribution in [-0.4, -0.2) is 11.1 Å². The van der Waals surface area contributed by atoms with Crippen molar-refractivity contribution in [3.63, 3.8) is 0 Å². The molecule has 2 nitrogen and oxygen atoms in total. The fraction of sp³-hybridized carbons (Fsp3) is 0.600. The van der Waals surface area contributed by atoms with E-state index >= 15 is 0 Å². The zero-order chi connectivity index (χ0) is 12.8. The first-order valence-corrected chi connectivity index (χ1v) is 6.64. The molecule has 0 saturated heterocycles. The van der Waals surface area contributed by atoms with Crippen LogP contribution >= 0.6 is 0 Å². The van der Waals surface area contributed by atoms with Crippen molar-refractivity contribution in [2.75, 3.05) is 0 Å². The number of benzene rings is 1. The number of para-hydroxylation sites is 1. The second-order valence-electron chi connectivity index (χ2n) is 4.86.